The number of hydrogen-bond acceptors (Lipinski definition) is 2. The van der Waals surface area contributed by atoms with Gasteiger partial charge in [-0.05, 0) is 31.5 Å². The third-order valence-electron chi connectivity index (χ3n) is 2.02. The SMILES string of the molecule is Cc1c(C(=O)C(C)N)ccc(Cl)c1F. The van der Waals surface area contributed by atoms with Crippen molar-refractivity contribution < 1.29 is 9.18 Å². The second-order valence-corrected chi connectivity index (χ2v) is 3.59. The fourth-order valence-electron chi connectivity index (χ4n) is 1.16. The van der Waals surface area contributed by atoms with Crippen LogP contribution in [0, 0.1) is 12.7 Å². The fourth-order valence-corrected chi connectivity index (χ4v) is 1.37. The van der Waals surface area contributed by atoms with Gasteiger partial charge >= 0.3 is 0 Å². The molecule has 0 saturated heterocycles. The molecule has 14 heavy (non-hydrogen) atoms. The normalized spacial score (nSPS) is 12.6. The number of carbonyl (C=O) groups excluding carboxylic acids is 1. The Morgan fingerprint density at radius 1 is 1.57 bits per heavy atom. The molecule has 0 spiro atoms. The average Bonchev–Trinajstić information content (AvgIpc) is 2.13. The third kappa shape index (κ3) is 1.94. The average molecular weight is 216 g/mol. The molecule has 0 fully saturated rings. The lowest BCUT2D eigenvalue weighted by Crippen LogP contribution is -2.27. The molecule has 1 aromatic carbocycles. The summed E-state index contributed by atoms with van der Waals surface area (Å²) in [5, 5.41) is 0.0173. The van der Waals surface area contributed by atoms with Crippen molar-refractivity contribution in [2.24, 2.45) is 5.73 Å². The van der Waals surface area contributed by atoms with Gasteiger partial charge in [-0.2, -0.15) is 0 Å². The second-order valence-electron chi connectivity index (χ2n) is 3.19. The molecule has 0 radical (unpaired) electrons. The van der Waals surface area contributed by atoms with Crippen molar-refractivity contribution in [1.29, 1.82) is 0 Å². The number of benzene rings is 1. The van der Waals surface area contributed by atoms with Gasteiger partial charge in [-0.3, -0.25) is 4.79 Å². The summed E-state index contributed by atoms with van der Waals surface area (Å²) in [5.74, 6) is -0.837. The molecule has 0 aliphatic rings. The number of carbonyl (C=O) groups is 1. The Hall–Kier alpha value is -0.930. The summed E-state index contributed by atoms with van der Waals surface area (Å²) < 4.78 is 13.3. The van der Waals surface area contributed by atoms with Gasteiger partial charge in [0.15, 0.2) is 5.78 Å². The Morgan fingerprint density at radius 2 is 2.14 bits per heavy atom. The molecule has 0 bridgehead atoms. The van der Waals surface area contributed by atoms with Crippen LogP contribution in [0.5, 0.6) is 0 Å². The molecule has 76 valence electrons. The topological polar surface area (TPSA) is 43.1 Å². The van der Waals surface area contributed by atoms with E-state index in [0.717, 1.165) is 0 Å². The highest BCUT2D eigenvalue weighted by Gasteiger charge is 2.16. The lowest BCUT2D eigenvalue weighted by Gasteiger charge is -2.08. The summed E-state index contributed by atoms with van der Waals surface area (Å²) in [6.07, 6.45) is 0. The Bertz CT molecular complexity index is 377. The minimum absolute atomic E-state index is 0.0173. The van der Waals surface area contributed by atoms with Gasteiger partial charge in [0.25, 0.3) is 0 Å². The summed E-state index contributed by atoms with van der Waals surface area (Å²) in [7, 11) is 0. The fraction of sp³-hybridized carbons (Fsp3) is 0.300. The summed E-state index contributed by atoms with van der Waals surface area (Å²) in [6.45, 7) is 3.07. The van der Waals surface area contributed by atoms with Gasteiger partial charge in [0.2, 0.25) is 0 Å². The van der Waals surface area contributed by atoms with Gasteiger partial charge in [-0.1, -0.05) is 11.6 Å². The van der Waals surface area contributed by atoms with Crippen LogP contribution in [0.3, 0.4) is 0 Å². The summed E-state index contributed by atoms with van der Waals surface area (Å²) in [6, 6.07) is 2.22. The largest absolute Gasteiger partial charge is 0.321 e. The predicted molar refractivity (Wildman–Crippen MR) is 54.1 cm³/mol. The van der Waals surface area contributed by atoms with E-state index in [9.17, 15) is 9.18 Å². The molecule has 1 aromatic rings. The maximum atomic E-state index is 13.3. The minimum atomic E-state index is -0.630. The van der Waals surface area contributed by atoms with Gasteiger partial charge in [0, 0.05) is 5.56 Å². The molecule has 2 nitrogen and oxygen atoms in total. The van der Waals surface area contributed by atoms with Gasteiger partial charge in [0.1, 0.15) is 5.82 Å². The Morgan fingerprint density at radius 3 is 2.64 bits per heavy atom. The monoisotopic (exact) mass is 215 g/mol. The molecule has 0 aliphatic carbocycles. The summed E-state index contributed by atoms with van der Waals surface area (Å²) in [5.41, 5.74) is 5.96. The predicted octanol–water partition coefficient (Wildman–Crippen LogP) is 2.32. The van der Waals surface area contributed by atoms with Crippen molar-refractivity contribution in [2.45, 2.75) is 19.9 Å². The molecular formula is C10H11ClFNO. The highest BCUT2D eigenvalue weighted by molar-refractivity contribution is 6.31. The molecule has 0 saturated carbocycles. The van der Waals surface area contributed by atoms with Crippen LogP contribution < -0.4 is 5.73 Å². The van der Waals surface area contributed by atoms with Crippen LogP contribution in [0.2, 0.25) is 5.02 Å². The van der Waals surface area contributed by atoms with Crippen molar-refractivity contribution in [3.8, 4) is 0 Å². The molecule has 0 heterocycles. The number of nitrogens with two attached hydrogens (primary N) is 1. The number of ketones is 1. The molecule has 1 unspecified atom stereocenters. The Balaban J connectivity index is 3.24. The van der Waals surface area contributed by atoms with E-state index in [1.54, 1.807) is 6.92 Å². The minimum Gasteiger partial charge on any atom is -0.321 e. The number of Topliss-reactive ketones (excluding diaryl/α,β-unsaturated/α-hetero) is 1. The molecule has 2 N–H and O–H groups in total. The van der Waals surface area contributed by atoms with E-state index in [4.69, 9.17) is 17.3 Å². The van der Waals surface area contributed by atoms with Crippen LogP contribution >= 0.6 is 11.6 Å². The zero-order chi connectivity index (χ0) is 10.9. The van der Waals surface area contributed by atoms with Gasteiger partial charge < -0.3 is 5.73 Å². The first-order chi connectivity index (χ1) is 6.45. The van der Waals surface area contributed by atoms with E-state index in [1.807, 2.05) is 0 Å². The van der Waals surface area contributed by atoms with E-state index in [-0.39, 0.29) is 16.4 Å². The number of rotatable bonds is 2. The van der Waals surface area contributed by atoms with Gasteiger partial charge in [-0.25, -0.2) is 4.39 Å². The zero-order valence-corrected chi connectivity index (χ0v) is 8.73. The van der Waals surface area contributed by atoms with Crippen molar-refractivity contribution in [2.75, 3.05) is 0 Å². The maximum Gasteiger partial charge on any atom is 0.179 e. The van der Waals surface area contributed by atoms with Gasteiger partial charge in [-0.15, -0.1) is 0 Å². The van der Waals surface area contributed by atoms with Crippen LogP contribution in [0.25, 0.3) is 0 Å². The third-order valence-corrected chi connectivity index (χ3v) is 2.31. The zero-order valence-electron chi connectivity index (χ0n) is 7.97. The lowest BCUT2D eigenvalue weighted by molar-refractivity contribution is 0.0967. The highest BCUT2D eigenvalue weighted by atomic mass is 35.5. The maximum absolute atomic E-state index is 13.3. The number of hydrogen-bond donors (Lipinski definition) is 1. The second kappa shape index (κ2) is 4.07. The Labute approximate surface area is 86.9 Å². The molecule has 0 aromatic heterocycles. The van der Waals surface area contributed by atoms with Crippen LogP contribution in [-0.4, -0.2) is 11.8 Å². The molecule has 1 atom stereocenters. The molecule has 1 rings (SSSR count). The van der Waals surface area contributed by atoms with Gasteiger partial charge in [0.05, 0.1) is 11.1 Å². The van der Waals surface area contributed by atoms with E-state index in [2.05, 4.69) is 0 Å². The van der Waals surface area contributed by atoms with E-state index < -0.39 is 11.9 Å². The summed E-state index contributed by atoms with van der Waals surface area (Å²) in [4.78, 5) is 11.5. The van der Waals surface area contributed by atoms with Crippen LogP contribution in [-0.2, 0) is 0 Å². The number of halogens is 2. The van der Waals surface area contributed by atoms with Crippen molar-refractivity contribution in [1.82, 2.24) is 0 Å². The van der Waals surface area contributed by atoms with Crippen LogP contribution in [0.4, 0.5) is 4.39 Å². The molecule has 4 heteroatoms. The standard InChI is InChI=1S/C10H11ClFNO/c1-5-7(10(14)6(2)13)3-4-8(11)9(5)12/h3-4,6H,13H2,1-2H3. The highest BCUT2D eigenvalue weighted by Crippen LogP contribution is 2.21. The first-order valence-corrected chi connectivity index (χ1v) is 4.57. The van der Waals surface area contributed by atoms with Crippen LogP contribution in [0.15, 0.2) is 12.1 Å². The quantitative estimate of drug-likeness (QED) is 0.770. The van der Waals surface area contributed by atoms with Crippen molar-refractivity contribution in [3.63, 3.8) is 0 Å². The van der Waals surface area contributed by atoms with Crippen molar-refractivity contribution in [3.05, 3.63) is 34.1 Å². The van der Waals surface area contributed by atoms with E-state index >= 15 is 0 Å². The Kier molecular flexibility index (Phi) is 3.24. The first-order valence-electron chi connectivity index (χ1n) is 4.19. The van der Waals surface area contributed by atoms with E-state index in [1.165, 1.54) is 19.1 Å². The molecule has 0 aliphatic heterocycles. The molecular weight excluding hydrogens is 205 g/mol. The first kappa shape index (κ1) is 11.1. The summed E-state index contributed by atoms with van der Waals surface area (Å²) >= 11 is 5.55. The lowest BCUT2D eigenvalue weighted by atomic mass is 10.0. The van der Waals surface area contributed by atoms with Crippen molar-refractivity contribution >= 4 is 17.4 Å². The van der Waals surface area contributed by atoms with Crippen LogP contribution in [0.1, 0.15) is 22.8 Å². The molecule has 0 amide bonds. The van der Waals surface area contributed by atoms with E-state index in [0.29, 0.717) is 5.56 Å². The smallest absolute Gasteiger partial charge is 0.179 e.